The van der Waals surface area contributed by atoms with Crippen molar-refractivity contribution in [2.45, 2.75) is 32.6 Å². The van der Waals surface area contributed by atoms with Gasteiger partial charge in [0.25, 0.3) is 0 Å². The number of nitrogens with one attached hydrogen (secondary N) is 1. The zero-order valence-electron chi connectivity index (χ0n) is 15.1. The summed E-state index contributed by atoms with van der Waals surface area (Å²) in [6.45, 7) is 3.11. The molecule has 5 rings (SSSR count). The van der Waals surface area contributed by atoms with Crippen molar-refractivity contribution in [3.05, 3.63) is 70.5 Å². The molecule has 0 atom stereocenters. The van der Waals surface area contributed by atoms with Gasteiger partial charge in [-0.15, -0.1) is 0 Å². The van der Waals surface area contributed by atoms with Gasteiger partial charge in [-0.2, -0.15) is 0 Å². The molecular formula is C23H23ClN2. The lowest BCUT2D eigenvalue weighted by molar-refractivity contribution is 0.689. The third kappa shape index (κ3) is 3.34. The van der Waals surface area contributed by atoms with Crippen molar-refractivity contribution in [2.75, 3.05) is 6.54 Å². The Morgan fingerprint density at radius 2 is 1.85 bits per heavy atom. The molecule has 1 heterocycles. The molecular weight excluding hydrogens is 340 g/mol. The van der Waals surface area contributed by atoms with Gasteiger partial charge in [0, 0.05) is 30.2 Å². The number of fused-ring (bicyclic) bond motifs is 5. The molecule has 0 aromatic heterocycles. The average Bonchev–Trinajstić information content (AvgIpc) is 2.69. The summed E-state index contributed by atoms with van der Waals surface area (Å²) in [7, 11) is 0. The van der Waals surface area contributed by atoms with E-state index in [4.69, 9.17) is 11.6 Å². The van der Waals surface area contributed by atoms with Crippen LogP contribution in [0.25, 0.3) is 21.5 Å². The lowest BCUT2D eigenvalue weighted by Gasteiger charge is -2.20. The van der Waals surface area contributed by atoms with E-state index in [0.717, 1.165) is 11.6 Å². The van der Waals surface area contributed by atoms with Gasteiger partial charge in [0.05, 0.1) is 0 Å². The zero-order chi connectivity index (χ0) is 17.9. The van der Waals surface area contributed by atoms with E-state index in [-0.39, 0.29) is 0 Å². The maximum atomic E-state index is 6.13. The lowest BCUT2D eigenvalue weighted by Crippen LogP contribution is -2.09. The van der Waals surface area contributed by atoms with Gasteiger partial charge in [0.2, 0.25) is 0 Å². The first-order valence-corrected chi connectivity index (χ1v) is 9.65. The molecule has 1 N–H and O–H groups in total. The topological polar surface area (TPSA) is 24.4 Å². The molecule has 0 amide bonds. The highest BCUT2D eigenvalue weighted by Crippen LogP contribution is 2.36. The molecule has 3 aromatic rings. The van der Waals surface area contributed by atoms with Crippen LogP contribution in [0.1, 0.15) is 29.5 Å². The highest BCUT2D eigenvalue weighted by Gasteiger charge is 2.15. The molecule has 0 saturated heterocycles. The summed E-state index contributed by atoms with van der Waals surface area (Å²) in [5, 5.41) is 9.21. The fourth-order valence-corrected chi connectivity index (χ4v) is 4.22. The second kappa shape index (κ2) is 7.51. The number of rotatable bonds is 0. The van der Waals surface area contributed by atoms with Crippen molar-refractivity contribution in [1.82, 2.24) is 5.32 Å². The molecule has 132 valence electrons. The summed E-state index contributed by atoms with van der Waals surface area (Å²) in [5.74, 6) is 0. The van der Waals surface area contributed by atoms with Crippen molar-refractivity contribution in [3.63, 3.8) is 0 Å². The van der Waals surface area contributed by atoms with Crippen LogP contribution in [0.2, 0.25) is 5.02 Å². The van der Waals surface area contributed by atoms with Gasteiger partial charge in [-0.1, -0.05) is 35.9 Å². The van der Waals surface area contributed by atoms with Crippen LogP contribution >= 0.6 is 11.6 Å². The van der Waals surface area contributed by atoms with Gasteiger partial charge in [-0.05, 0) is 83.0 Å². The van der Waals surface area contributed by atoms with E-state index in [9.17, 15) is 0 Å². The van der Waals surface area contributed by atoms with Gasteiger partial charge in [0.15, 0.2) is 0 Å². The molecule has 0 saturated carbocycles. The van der Waals surface area contributed by atoms with E-state index >= 15 is 0 Å². The fraction of sp³-hybridized carbons (Fsp3) is 0.261. The number of aliphatic imine (C=N–C) groups is 1. The molecule has 26 heavy (non-hydrogen) atoms. The van der Waals surface area contributed by atoms with Crippen LogP contribution < -0.4 is 5.32 Å². The molecule has 0 unspecified atom stereocenters. The second-order valence-electron chi connectivity index (χ2n) is 6.95. The highest BCUT2D eigenvalue weighted by molar-refractivity contribution is 6.31. The van der Waals surface area contributed by atoms with E-state index in [1.165, 1.54) is 52.8 Å². The summed E-state index contributed by atoms with van der Waals surface area (Å²) in [6, 6.07) is 13.2. The van der Waals surface area contributed by atoms with E-state index in [1.807, 2.05) is 18.5 Å². The molecule has 0 fully saturated rings. The number of nitrogens with zero attached hydrogens (tertiary/aromatic N) is 1. The summed E-state index contributed by atoms with van der Waals surface area (Å²) in [5.41, 5.74) is 4.54. The zero-order valence-corrected chi connectivity index (χ0v) is 15.8. The summed E-state index contributed by atoms with van der Waals surface area (Å²) >= 11 is 6.13. The fourth-order valence-electron chi connectivity index (χ4n) is 4.04. The molecule has 2 nitrogen and oxygen atoms in total. The van der Waals surface area contributed by atoms with Crippen molar-refractivity contribution < 1.29 is 0 Å². The molecule has 1 aliphatic heterocycles. The Balaban J connectivity index is 0.000000240. The van der Waals surface area contributed by atoms with Crippen molar-refractivity contribution in [1.29, 1.82) is 0 Å². The van der Waals surface area contributed by atoms with Crippen LogP contribution in [0.4, 0.5) is 0 Å². The minimum absolute atomic E-state index is 0.812. The summed E-state index contributed by atoms with van der Waals surface area (Å²) in [4.78, 5) is 3.81. The van der Waals surface area contributed by atoms with E-state index in [0.29, 0.717) is 0 Å². The number of aryl methyl sites for hydroxylation is 3. The van der Waals surface area contributed by atoms with Gasteiger partial charge < -0.3 is 5.32 Å². The minimum atomic E-state index is 0.812. The first-order valence-electron chi connectivity index (χ1n) is 9.27. The van der Waals surface area contributed by atoms with Crippen LogP contribution in [-0.4, -0.2) is 12.8 Å². The molecule has 3 aromatic carbocycles. The normalized spacial score (nSPS) is 15.3. The highest BCUT2D eigenvalue weighted by atomic mass is 35.5. The average molecular weight is 363 g/mol. The van der Waals surface area contributed by atoms with Gasteiger partial charge in [0.1, 0.15) is 0 Å². The maximum absolute atomic E-state index is 6.13. The Labute approximate surface area is 159 Å². The largest absolute Gasteiger partial charge is 0.385 e. The number of halogens is 1. The molecule has 0 radical (unpaired) electrons. The van der Waals surface area contributed by atoms with Gasteiger partial charge >= 0.3 is 0 Å². The van der Waals surface area contributed by atoms with Crippen molar-refractivity contribution in [2.24, 2.45) is 4.99 Å². The van der Waals surface area contributed by atoms with E-state index in [1.54, 1.807) is 17.3 Å². The van der Waals surface area contributed by atoms with Crippen molar-refractivity contribution in [3.8, 4) is 0 Å². The number of benzene rings is 3. The van der Waals surface area contributed by atoms with Crippen LogP contribution in [0.3, 0.4) is 0 Å². The number of hydrogen-bond acceptors (Lipinski definition) is 2. The predicted octanol–water partition coefficient (Wildman–Crippen LogP) is 5.97. The number of hydrogen-bond donors (Lipinski definition) is 1. The smallest absolute Gasteiger partial charge is 0.0498 e. The van der Waals surface area contributed by atoms with E-state index < -0.39 is 0 Å². The summed E-state index contributed by atoms with van der Waals surface area (Å²) in [6.07, 6.45) is 10.5. The van der Waals surface area contributed by atoms with Crippen molar-refractivity contribution >= 4 is 39.4 Å². The molecule has 3 heteroatoms. The molecule has 2 aliphatic rings. The Bertz CT molecular complexity index is 1010. The Kier molecular flexibility index (Phi) is 4.94. The third-order valence-corrected chi connectivity index (χ3v) is 5.43. The Morgan fingerprint density at radius 3 is 2.58 bits per heavy atom. The van der Waals surface area contributed by atoms with Gasteiger partial charge in [-0.25, -0.2) is 0 Å². The Hall–Kier alpha value is -2.32. The monoisotopic (exact) mass is 362 g/mol. The molecule has 0 bridgehead atoms. The summed E-state index contributed by atoms with van der Waals surface area (Å²) < 4.78 is 0. The lowest BCUT2D eigenvalue weighted by atomic mass is 9.84. The van der Waals surface area contributed by atoms with E-state index in [2.05, 4.69) is 47.6 Å². The SMILES string of the molecule is C1=CNCC=N1.Cc1cc2c(c3ccc4cc(Cl)ccc4c13)CCCC2. The standard InChI is InChI=1S/C19H17Cl.C4H6N2/c1-12-10-13-4-2-3-5-16(13)18-8-6-14-11-15(20)7-9-17(14)19(12)18;1-2-6-4-3-5-1/h6-11H,2-5H2,1H3;1-3,6H,4H2. The van der Waals surface area contributed by atoms with Crippen LogP contribution in [0.5, 0.6) is 0 Å². The quantitative estimate of drug-likeness (QED) is 0.490. The first-order chi connectivity index (χ1) is 12.7. The Morgan fingerprint density at radius 1 is 1.00 bits per heavy atom. The maximum Gasteiger partial charge on any atom is 0.0498 e. The third-order valence-electron chi connectivity index (χ3n) is 5.20. The first kappa shape index (κ1) is 17.1. The van der Waals surface area contributed by atoms with Crippen LogP contribution in [0.15, 0.2) is 53.8 Å². The van der Waals surface area contributed by atoms with Crippen LogP contribution in [-0.2, 0) is 12.8 Å². The second-order valence-corrected chi connectivity index (χ2v) is 7.38. The molecule has 0 spiro atoms. The predicted molar refractivity (Wildman–Crippen MR) is 113 cm³/mol. The minimum Gasteiger partial charge on any atom is -0.385 e. The van der Waals surface area contributed by atoms with Gasteiger partial charge in [-0.3, -0.25) is 4.99 Å². The molecule has 1 aliphatic carbocycles. The van der Waals surface area contributed by atoms with Crippen LogP contribution in [0, 0.1) is 6.92 Å².